The van der Waals surface area contributed by atoms with E-state index < -0.39 is 12.0 Å². The predicted molar refractivity (Wildman–Crippen MR) is 130 cm³/mol. The smallest absolute Gasteiger partial charge is 0.254 e. The zero-order chi connectivity index (χ0) is 25.1. The Kier molecular flexibility index (Phi) is 6.77. The Hall–Kier alpha value is -4.27. The summed E-state index contributed by atoms with van der Waals surface area (Å²) < 4.78 is 21.7. The van der Waals surface area contributed by atoms with Gasteiger partial charge in [0.15, 0.2) is 23.0 Å². The lowest BCUT2D eigenvalue weighted by molar-refractivity contribution is -0.119. The molecule has 3 aromatic rings. The van der Waals surface area contributed by atoms with E-state index in [1.165, 1.54) is 21.3 Å². The van der Waals surface area contributed by atoms with Crippen molar-refractivity contribution in [1.29, 1.82) is 0 Å². The second-order valence-electron chi connectivity index (χ2n) is 7.95. The largest absolute Gasteiger partial charge is 0.493 e. The molecule has 182 valence electrons. The van der Waals surface area contributed by atoms with Gasteiger partial charge < -0.3 is 29.2 Å². The number of aromatic nitrogens is 1. The first-order valence-electron chi connectivity index (χ1n) is 10.9. The molecule has 1 aliphatic rings. The normalized spacial score (nSPS) is 16.8. The molecule has 2 aromatic carbocycles. The Labute approximate surface area is 203 Å². The number of ether oxygens (including phenoxy) is 4. The van der Waals surface area contributed by atoms with Gasteiger partial charge in [0.25, 0.3) is 5.91 Å². The Bertz CT molecular complexity index is 1250. The molecule has 2 amide bonds. The number of hydrogen-bond donors (Lipinski definition) is 1. The third-order valence-corrected chi connectivity index (χ3v) is 6.12. The number of carbonyl (C=O) groups is 2. The number of methoxy groups -OCH3 is 4. The summed E-state index contributed by atoms with van der Waals surface area (Å²) in [6.07, 6.45) is 1.60. The highest BCUT2D eigenvalue weighted by Gasteiger charge is 2.44. The van der Waals surface area contributed by atoms with Gasteiger partial charge in [0.1, 0.15) is 5.82 Å². The highest BCUT2D eigenvalue weighted by molar-refractivity contribution is 6.04. The summed E-state index contributed by atoms with van der Waals surface area (Å²) >= 11 is 0. The van der Waals surface area contributed by atoms with Gasteiger partial charge in [-0.25, -0.2) is 4.98 Å². The van der Waals surface area contributed by atoms with Crippen LogP contribution in [0.4, 0.5) is 5.82 Å². The molecule has 0 bridgehead atoms. The molecule has 9 nitrogen and oxygen atoms in total. The number of benzene rings is 2. The lowest BCUT2D eigenvalue weighted by Crippen LogP contribution is -2.44. The number of nitrogens with one attached hydrogen (secondary N) is 1. The number of amides is 2. The molecule has 4 rings (SSSR count). The van der Waals surface area contributed by atoms with Gasteiger partial charge in [-0.3, -0.25) is 9.59 Å². The highest BCUT2D eigenvalue weighted by Crippen LogP contribution is 2.47. The van der Waals surface area contributed by atoms with E-state index in [9.17, 15) is 9.59 Å². The van der Waals surface area contributed by atoms with Crippen LogP contribution in [0.5, 0.6) is 23.0 Å². The predicted octanol–water partition coefficient (Wildman–Crippen LogP) is 3.67. The lowest BCUT2D eigenvalue weighted by Gasteiger charge is -2.40. The zero-order valence-electron chi connectivity index (χ0n) is 20.2. The molecule has 0 radical (unpaired) electrons. The van der Waals surface area contributed by atoms with Crippen molar-refractivity contribution in [3.05, 3.63) is 71.4 Å². The standard InChI is InChI=1S/C26H27N3O6/c1-29-24(15-9-10-18(32-2)19(12-15)33-3)23(25(30)28-22-8-6-7-11-27-22)16-13-20(34-4)21(35-5)14-17(16)26(29)31/h6-14,23-24H,1-5H3,(H,27,28,30)/t23-,24-/m0/s1. The minimum absolute atomic E-state index is 0.248. The van der Waals surface area contributed by atoms with Gasteiger partial charge in [-0.15, -0.1) is 0 Å². The molecular formula is C26H27N3O6. The van der Waals surface area contributed by atoms with Crippen molar-refractivity contribution < 1.29 is 28.5 Å². The van der Waals surface area contributed by atoms with Gasteiger partial charge in [0, 0.05) is 18.8 Å². The van der Waals surface area contributed by atoms with Crippen LogP contribution in [0.25, 0.3) is 0 Å². The molecule has 35 heavy (non-hydrogen) atoms. The molecule has 0 fully saturated rings. The van der Waals surface area contributed by atoms with E-state index in [0.717, 1.165) is 0 Å². The number of carbonyl (C=O) groups excluding carboxylic acids is 2. The van der Waals surface area contributed by atoms with Gasteiger partial charge in [-0.2, -0.15) is 0 Å². The second-order valence-corrected chi connectivity index (χ2v) is 7.95. The molecule has 0 aliphatic carbocycles. The van der Waals surface area contributed by atoms with Crippen molar-refractivity contribution >= 4 is 17.6 Å². The third-order valence-electron chi connectivity index (χ3n) is 6.12. The van der Waals surface area contributed by atoms with E-state index in [2.05, 4.69) is 10.3 Å². The molecular weight excluding hydrogens is 450 g/mol. The summed E-state index contributed by atoms with van der Waals surface area (Å²) in [6, 6.07) is 13.3. The average Bonchev–Trinajstić information content (AvgIpc) is 2.89. The van der Waals surface area contributed by atoms with Crippen molar-refractivity contribution in [1.82, 2.24) is 9.88 Å². The summed E-state index contributed by atoms with van der Waals surface area (Å²) in [4.78, 5) is 33.1. The number of hydrogen-bond acceptors (Lipinski definition) is 7. The van der Waals surface area contributed by atoms with Crippen molar-refractivity contribution in [2.24, 2.45) is 0 Å². The van der Waals surface area contributed by atoms with Crippen molar-refractivity contribution in [3.8, 4) is 23.0 Å². The first-order chi connectivity index (χ1) is 16.9. The third kappa shape index (κ3) is 4.32. The number of nitrogens with zero attached hydrogens (tertiary/aromatic N) is 2. The van der Waals surface area contributed by atoms with Crippen LogP contribution in [0.2, 0.25) is 0 Å². The number of likely N-dealkylation sites (N-methyl/N-ethyl adjacent to an activating group) is 1. The van der Waals surface area contributed by atoms with Crippen molar-refractivity contribution in [3.63, 3.8) is 0 Å². The SMILES string of the molecule is COc1ccc([C@H]2[C@@H](C(=O)Nc3ccccn3)c3cc(OC)c(OC)cc3C(=O)N2C)cc1OC. The van der Waals surface area contributed by atoms with Gasteiger partial charge in [-0.05, 0) is 47.5 Å². The molecule has 2 heterocycles. The maximum Gasteiger partial charge on any atom is 0.254 e. The molecule has 0 spiro atoms. The van der Waals surface area contributed by atoms with E-state index in [1.807, 2.05) is 6.07 Å². The molecule has 2 atom stereocenters. The van der Waals surface area contributed by atoms with Gasteiger partial charge >= 0.3 is 0 Å². The van der Waals surface area contributed by atoms with Gasteiger partial charge in [0.05, 0.1) is 40.4 Å². The fraction of sp³-hybridized carbons (Fsp3) is 0.269. The summed E-state index contributed by atoms with van der Waals surface area (Å²) in [5.41, 5.74) is 1.60. The molecule has 9 heteroatoms. The molecule has 1 aromatic heterocycles. The highest BCUT2D eigenvalue weighted by atomic mass is 16.5. The Morgan fingerprint density at radius 3 is 2.17 bits per heavy atom. The second kappa shape index (κ2) is 9.92. The van der Waals surface area contributed by atoms with E-state index in [4.69, 9.17) is 18.9 Å². The Balaban J connectivity index is 1.90. The monoisotopic (exact) mass is 477 g/mol. The van der Waals surface area contributed by atoms with E-state index in [0.29, 0.717) is 45.5 Å². The first-order valence-corrected chi connectivity index (χ1v) is 10.9. The molecule has 0 saturated heterocycles. The Morgan fingerprint density at radius 1 is 0.886 bits per heavy atom. The van der Waals surface area contributed by atoms with Crippen LogP contribution in [-0.2, 0) is 4.79 Å². The maximum absolute atomic E-state index is 13.8. The first kappa shape index (κ1) is 23.9. The number of pyridine rings is 1. The molecule has 0 unspecified atom stereocenters. The van der Waals surface area contributed by atoms with Crippen LogP contribution in [-0.4, -0.2) is 57.2 Å². The van der Waals surface area contributed by atoms with Crippen LogP contribution in [0.3, 0.4) is 0 Å². The van der Waals surface area contributed by atoms with Gasteiger partial charge in [0.2, 0.25) is 5.91 Å². The van der Waals surface area contributed by atoms with Crippen LogP contribution in [0, 0.1) is 0 Å². The average molecular weight is 478 g/mol. The minimum atomic E-state index is -0.785. The quantitative estimate of drug-likeness (QED) is 0.554. The van der Waals surface area contributed by atoms with Gasteiger partial charge in [-0.1, -0.05) is 12.1 Å². The summed E-state index contributed by atoms with van der Waals surface area (Å²) in [6.45, 7) is 0. The van der Waals surface area contributed by atoms with E-state index >= 15 is 0 Å². The van der Waals surface area contributed by atoms with Crippen LogP contribution in [0.15, 0.2) is 54.7 Å². The fourth-order valence-corrected chi connectivity index (χ4v) is 4.43. The van der Waals surface area contributed by atoms with Crippen molar-refractivity contribution in [2.75, 3.05) is 40.8 Å². The summed E-state index contributed by atoms with van der Waals surface area (Å²) in [5.74, 6) is 0.915. The maximum atomic E-state index is 13.8. The number of rotatable bonds is 7. The molecule has 0 saturated carbocycles. The minimum Gasteiger partial charge on any atom is -0.493 e. The summed E-state index contributed by atoms with van der Waals surface area (Å²) in [5, 5.41) is 2.89. The number of fused-ring (bicyclic) bond motifs is 1. The molecule has 1 N–H and O–H groups in total. The number of anilines is 1. The topological polar surface area (TPSA) is 99.2 Å². The van der Waals surface area contributed by atoms with Crippen LogP contribution < -0.4 is 24.3 Å². The zero-order valence-corrected chi connectivity index (χ0v) is 20.2. The van der Waals surface area contributed by atoms with E-state index in [-0.39, 0.29) is 11.8 Å². The van der Waals surface area contributed by atoms with Crippen LogP contribution >= 0.6 is 0 Å². The summed E-state index contributed by atoms with van der Waals surface area (Å²) in [7, 11) is 7.76. The lowest BCUT2D eigenvalue weighted by atomic mass is 9.79. The molecule has 1 aliphatic heterocycles. The van der Waals surface area contributed by atoms with E-state index in [1.54, 1.807) is 67.7 Å². The van der Waals surface area contributed by atoms with Crippen LogP contribution in [0.1, 0.15) is 33.4 Å². The fourth-order valence-electron chi connectivity index (χ4n) is 4.43. The Morgan fingerprint density at radius 2 is 1.54 bits per heavy atom. The van der Waals surface area contributed by atoms with Crippen molar-refractivity contribution in [2.45, 2.75) is 12.0 Å².